The maximum atomic E-state index is 11.8. The second-order valence-corrected chi connectivity index (χ2v) is 5.60. The lowest BCUT2D eigenvalue weighted by atomic mass is 9.82. The van der Waals surface area contributed by atoms with Gasteiger partial charge in [-0.25, -0.2) is 9.59 Å². The third kappa shape index (κ3) is 3.85. The van der Waals surface area contributed by atoms with Crippen molar-refractivity contribution in [1.82, 2.24) is 16.0 Å². The van der Waals surface area contributed by atoms with Gasteiger partial charge in [-0.05, 0) is 25.7 Å². The van der Waals surface area contributed by atoms with Gasteiger partial charge in [0.05, 0.1) is 6.54 Å². The summed E-state index contributed by atoms with van der Waals surface area (Å²) in [5.74, 6) is -1.24. The Morgan fingerprint density at radius 1 is 1.10 bits per heavy atom. The van der Waals surface area contributed by atoms with Crippen molar-refractivity contribution in [2.45, 2.75) is 56.5 Å². The second-order valence-electron chi connectivity index (χ2n) is 5.60. The van der Waals surface area contributed by atoms with Gasteiger partial charge in [0.25, 0.3) is 0 Å². The molecule has 2 rings (SSSR count). The Hall–Kier alpha value is -1.79. The molecule has 0 saturated heterocycles. The number of carbonyl (C=O) groups is 3. The number of carbonyl (C=O) groups excluding carboxylic acids is 2. The van der Waals surface area contributed by atoms with E-state index in [1.807, 2.05) is 0 Å². The number of nitrogens with one attached hydrogen (secondary N) is 3. The van der Waals surface area contributed by atoms with Crippen LogP contribution in [-0.2, 0) is 9.59 Å². The van der Waals surface area contributed by atoms with Crippen molar-refractivity contribution >= 4 is 17.9 Å². The highest BCUT2D eigenvalue weighted by molar-refractivity contribution is 5.88. The fourth-order valence-electron chi connectivity index (χ4n) is 2.48. The number of urea groups is 1. The number of carboxylic acids is 1. The zero-order valence-electron chi connectivity index (χ0n) is 11.4. The van der Waals surface area contributed by atoms with Crippen LogP contribution in [0.15, 0.2) is 0 Å². The van der Waals surface area contributed by atoms with Crippen LogP contribution in [0.1, 0.15) is 44.9 Å². The molecule has 0 unspecified atom stereocenters. The number of hydrogen-bond acceptors (Lipinski definition) is 3. The van der Waals surface area contributed by atoms with Gasteiger partial charge in [0.1, 0.15) is 5.54 Å². The topological polar surface area (TPSA) is 108 Å². The maximum absolute atomic E-state index is 11.8. The first-order valence-corrected chi connectivity index (χ1v) is 7.11. The fraction of sp³-hybridized carbons (Fsp3) is 0.769. The molecule has 112 valence electrons. The Morgan fingerprint density at radius 3 is 2.30 bits per heavy atom. The number of aliphatic carboxylic acids is 1. The number of carboxylic acid groups (broad SMARTS) is 1. The highest BCUT2D eigenvalue weighted by Crippen LogP contribution is 2.28. The van der Waals surface area contributed by atoms with Gasteiger partial charge in [-0.1, -0.05) is 19.3 Å². The van der Waals surface area contributed by atoms with E-state index in [-0.39, 0.29) is 18.5 Å². The van der Waals surface area contributed by atoms with Gasteiger partial charge in [-0.15, -0.1) is 0 Å². The van der Waals surface area contributed by atoms with Crippen LogP contribution >= 0.6 is 0 Å². The summed E-state index contributed by atoms with van der Waals surface area (Å²) in [4.78, 5) is 34.6. The molecule has 2 saturated carbocycles. The molecule has 0 aromatic carbocycles. The molecule has 0 radical (unpaired) electrons. The van der Waals surface area contributed by atoms with Crippen LogP contribution in [0.3, 0.4) is 0 Å². The third-order valence-electron chi connectivity index (χ3n) is 3.82. The van der Waals surface area contributed by atoms with E-state index in [4.69, 9.17) is 0 Å². The summed E-state index contributed by atoms with van der Waals surface area (Å²) in [6, 6.07) is -0.351. The summed E-state index contributed by atoms with van der Waals surface area (Å²) in [7, 11) is 0. The van der Waals surface area contributed by atoms with Crippen LogP contribution in [-0.4, -0.2) is 41.1 Å². The molecule has 0 aliphatic heterocycles. The Labute approximate surface area is 117 Å². The summed E-state index contributed by atoms with van der Waals surface area (Å²) in [5, 5.41) is 17.0. The van der Waals surface area contributed by atoms with E-state index in [1.54, 1.807) is 0 Å². The molecule has 0 aromatic heterocycles. The summed E-state index contributed by atoms with van der Waals surface area (Å²) in [6.45, 7) is -0.127. The molecule has 0 spiro atoms. The molecular weight excluding hydrogens is 262 g/mol. The first-order valence-electron chi connectivity index (χ1n) is 7.11. The minimum atomic E-state index is -1.19. The molecule has 2 aliphatic carbocycles. The van der Waals surface area contributed by atoms with Crippen molar-refractivity contribution in [3.63, 3.8) is 0 Å². The SMILES string of the molecule is O=C(CNC(=O)NC1(C(=O)O)CCCCC1)NC1CC1. The molecule has 0 aromatic rings. The lowest BCUT2D eigenvalue weighted by molar-refractivity contribution is -0.145. The highest BCUT2D eigenvalue weighted by atomic mass is 16.4. The smallest absolute Gasteiger partial charge is 0.329 e. The van der Waals surface area contributed by atoms with Gasteiger partial charge in [-0.2, -0.15) is 0 Å². The van der Waals surface area contributed by atoms with Gasteiger partial charge >= 0.3 is 12.0 Å². The number of amides is 3. The largest absolute Gasteiger partial charge is 0.480 e. The number of rotatable bonds is 5. The molecular formula is C13H21N3O4. The zero-order valence-corrected chi connectivity index (χ0v) is 11.4. The molecule has 2 fully saturated rings. The van der Waals surface area contributed by atoms with Gasteiger partial charge in [-0.3, -0.25) is 4.79 Å². The van der Waals surface area contributed by atoms with Crippen molar-refractivity contribution in [2.24, 2.45) is 0 Å². The van der Waals surface area contributed by atoms with Crippen molar-refractivity contribution < 1.29 is 19.5 Å². The molecule has 0 atom stereocenters. The lowest BCUT2D eigenvalue weighted by Gasteiger charge is -2.33. The normalized spacial score (nSPS) is 20.8. The lowest BCUT2D eigenvalue weighted by Crippen LogP contribution is -2.58. The van der Waals surface area contributed by atoms with Gasteiger partial charge in [0.2, 0.25) is 5.91 Å². The molecule has 20 heavy (non-hydrogen) atoms. The number of hydrogen-bond donors (Lipinski definition) is 4. The van der Waals surface area contributed by atoms with Crippen molar-refractivity contribution in [1.29, 1.82) is 0 Å². The highest BCUT2D eigenvalue weighted by Gasteiger charge is 2.41. The molecule has 7 heteroatoms. The monoisotopic (exact) mass is 283 g/mol. The average Bonchev–Trinajstić information content (AvgIpc) is 3.21. The predicted molar refractivity (Wildman–Crippen MR) is 71.2 cm³/mol. The summed E-state index contributed by atoms with van der Waals surface area (Å²) < 4.78 is 0. The molecule has 4 N–H and O–H groups in total. The Morgan fingerprint density at radius 2 is 1.75 bits per heavy atom. The van der Waals surface area contributed by atoms with Crippen molar-refractivity contribution in [3.8, 4) is 0 Å². The summed E-state index contributed by atoms with van der Waals surface area (Å²) in [6.07, 6.45) is 5.40. The van der Waals surface area contributed by atoms with E-state index >= 15 is 0 Å². The van der Waals surface area contributed by atoms with E-state index in [1.165, 1.54) is 0 Å². The van der Waals surface area contributed by atoms with E-state index in [0.717, 1.165) is 32.1 Å². The van der Waals surface area contributed by atoms with Gasteiger partial charge < -0.3 is 21.1 Å². The fourth-order valence-corrected chi connectivity index (χ4v) is 2.48. The average molecular weight is 283 g/mol. The minimum Gasteiger partial charge on any atom is -0.480 e. The van der Waals surface area contributed by atoms with Gasteiger partial charge in [0, 0.05) is 6.04 Å². The van der Waals surface area contributed by atoms with Crippen LogP contribution in [0.25, 0.3) is 0 Å². The molecule has 2 aliphatic rings. The maximum Gasteiger partial charge on any atom is 0.329 e. The van der Waals surface area contributed by atoms with E-state index < -0.39 is 17.5 Å². The molecule has 3 amide bonds. The molecule has 0 bridgehead atoms. The summed E-state index contributed by atoms with van der Waals surface area (Å²) in [5.41, 5.74) is -1.19. The zero-order chi connectivity index (χ0) is 14.6. The quantitative estimate of drug-likeness (QED) is 0.584. The Kier molecular flexibility index (Phi) is 4.46. The first-order chi connectivity index (χ1) is 9.52. The standard InChI is InChI=1S/C13H21N3O4/c17-10(15-9-4-5-9)8-14-12(20)16-13(11(18)19)6-2-1-3-7-13/h9H,1-8H2,(H,15,17)(H,18,19)(H2,14,16,20). The van der Waals surface area contributed by atoms with Crippen LogP contribution in [0, 0.1) is 0 Å². The van der Waals surface area contributed by atoms with E-state index in [2.05, 4.69) is 16.0 Å². The van der Waals surface area contributed by atoms with Crippen molar-refractivity contribution in [3.05, 3.63) is 0 Å². The first kappa shape index (κ1) is 14.6. The van der Waals surface area contributed by atoms with Crippen LogP contribution in [0.5, 0.6) is 0 Å². The summed E-state index contributed by atoms with van der Waals surface area (Å²) >= 11 is 0. The van der Waals surface area contributed by atoms with Gasteiger partial charge in [0.15, 0.2) is 0 Å². The Balaban J connectivity index is 1.78. The van der Waals surface area contributed by atoms with E-state index in [0.29, 0.717) is 12.8 Å². The van der Waals surface area contributed by atoms with Crippen LogP contribution in [0.2, 0.25) is 0 Å². The molecule has 0 heterocycles. The van der Waals surface area contributed by atoms with Crippen LogP contribution in [0.4, 0.5) is 4.79 Å². The predicted octanol–water partition coefficient (Wildman–Crippen LogP) is 0.352. The molecule has 7 nitrogen and oxygen atoms in total. The van der Waals surface area contributed by atoms with Crippen LogP contribution < -0.4 is 16.0 Å². The third-order valence-corrected chi connectivity index (χ3v) is 3.82. The van der Waals surface area contributed by atoms with Crippen molar-refractivity contribution in [2.75, 3.05) is 6.54 Å². The minimum absolute atomic E-state index is 0.127. The Bertz CT molecular complexity index is 400. The second kappa shape index (κ2) is 6.11. The van der Waals surface area contributed by atoms with E-state index in [9.17, 15) is 19.5 Å².